The van der Waals surface area contributed by atoms with E-state index < -0.39 is 0 Å². The summed E-state index contributed by atoms with van der Waals surface area (Å²) in [5.41, 5.74) is 13.4. The molecule has 0 fully saturated rings. The number of phenols is 1. The smallest absolute Gasteiger partial charge is 0.219 e. The Kier molecular flexibility index (Phi) is 8.11. The van der Waals surface area contributed by atoms with Crippen molar-refractivity contribution in [1.29, 1.82) is 0 Å². The number of rotatable bonds is 7. The van der Waals surface area contributed by atoms with Crippen LogP contribution in [0.4, 0.5) is 0 Å². The molecule has 0 bridgehead atoms. The molecule has 0 aliphatic rings. The van der Waals surface area contributed by atoms with Gasteiger partial charge in [-0.15, -0.1) is 0 Å². The van der Waals surface area contributed by atoms with Crippen molar-refractivity contribution < 1.29 is 9.67 Å². The second-order valence-electron chi connectivity index (χ2n) is 12.1. The van der Waals surface area contributed by atoms with Gasteiger partial charge in [0.25, 0.3) is 0 Å². The van der Waals surface area contributed by atoms with Crippen LogP contribution in [0.2, 0.25) is 0 Å². The van der Waals surface area contributed by atoms with Crippen LogP contribution in [0.3, 0.4) is 0 Å². The van der Waals surface area contributed by atoms with Gasteiger partial charge in [-0.3, -0.25) is 0 Å². The fourth-order valence-electron chi connectivity index (χ4n) is 6.59. The highest BCUT2D eigenvalue weighted by molar-refractivity contribution is 5.84. The lowest BCUT2D eigenvalue weighted by Crippen LogP contribution is -2.36. The molecule has 232 valence electrons. The third kappa shape index (κ3) is 6.04. The Balaban J connectivity index is 1.42. The van der Waals surface area contributed by atoms with Gasteiger partial charge in [0.2, 0.25) is 17.1 Å². The summed E-state index contributed by atoms with van der Waals surface area (Å²) in [5, 5.41) is 11.8. The quantitative estimate of drug-likeness (QED) is 0.175. The topological polar surface area (TPSA) is 24.1 Å². The van der Waals surface area contributed by atoms with Crippen LogP contribution < -0.4 is 4.57 Å². The zero-order valence-electron chi connectivity index (χ0n) is 26.9. The van der Waals surface area contributed by atoms with Gasteiger partial charge in [0.15, 0.2) is 0 Å². The van der Waals surface area contributed by atoms with Gasteiger partial charge in [0, 0.05) is 46.5 Å². The van der Waals surface area contributed by atoms with Crippen molar-refractivity contribution in [2.75, 3.05) is 0 Å². The van der Waals surface area contributed by atoms with Crippen molar-refractivity contribution in [2.24, 2.45) is 0 Å². The number of nitrogens with zero attached hydrogens (tertiary/aromatic N) is 1. The van der Waals surface area contributed by atoms with E-state index >= 15 is 0 Å². The van der Waals surface area contributed by atoms with Gasteiger partial charge in [-0.05, 0) is 57.6 Å². The first kappa shape index (κ1) is 29.9. The number of phenolic OH excluding ortho intramolecular Hbond substituents is 1. The molecule has 8 aromatic rings. The number of aromatic nitrogens is 1. The summed E-state index contributed by atoms with van der Waals surface area (Å²) < 4.78 is 2.34. The molecule has 2 nitrogen and oxygen atoms in total. The molecular formula is C47H34NO+. The maximum Gasteiger partial charge on any atom is 0.219 e. The number of hydrogen-bond donors (Lipinski definition) is 1. The van der Waals surface area contributed by atoms with E-state index in [0.29, 0.717) is 0 Å². The summed E-state index contributed by atoms with van der Waals surface area (Å²) in [4.78, 5) is 0. The lowest BCUT2D eigenvalue weighted by molar-refractivity contribution is -0.572. The first-order valence-corrected chi connectivity index (χ1v) is 16.6. The van der Waals surface area contributed by atoms with E-state index in [1.165, 1.54) is 11.1 Å². The van der Waals surface area contributed by atoms with Crippen LogP contribution in [0.5, 0.6) is 5.75 Å². The summed E-state index contributed by atoms with van der Waals surface area (Å²) in [5.74, 6) is 0.263. The van der Waals surface area contributed by atoms with Gasteiger partial charge >= 0.3 is 0 Å². The van der Waals surface area contributed by atoms with Crippen LogP contribution in [0.25, 0.3) is 72.7 Å². The largest absolute Gasteiger partial charge is 0.507 e. The zero-order chi connectivity index (χ0) is 33.0. The molecule has 2 heteroatoms. The van der Waals surface area contributed by atoms with E-state index in [0.717, 1.165) is 61.6 Å². The Morgan fingerprint density at radius 2 is 0.592 bits per heavy atom. The Morgan fingerprint density at radius 3 is 0.980 bits per heavy atom. The average Bonchev–Trinajstić information content (AvgIpc) is 3.19. The van der Waals surface area contributed by atoms with Crippen molar-refractivity contribution >= 4 is 0 Å². The fraction of sp³-hybridized carbons (Fsp3) is 0. The predicted octanol–water partition coefficient (Wildman–Crippen LogP) is 11.7. The third-order valence-corrected chi connectivity index (χ3v) is 9.05. The van der Waals surface area contributed by atoms with Crippen molar-refractivity contribution in [3.8, 4) is 78.5 Å². The molecule has 0 saturated carbocycles. The Hall–Kier alpha value is -6.51. The second kappa shape index (κ2) is 13.3. The van der Waals surface area contributed by atoms with Crippen LogP contribution in [-0.2, 0) is 0 Å². The molecule has 0 unspecified atom stereocenters. The molecule has 1 heterocycles. The van der Waals surface area contributed by atoms with Crippen molar-refractivity contribution in [1.82, 2.24) is 0 Å². The third-order valence-electron chi connectivity index (χ3n) is 9.05. The summed E-state index contributed by atoms with van der Waals surface area (Å²) >= 11 is 0. The van der Waals surface area contributed by atoms with Gasteiger partial charge < -0.3 is 5.11 Å². The fourth-order valence-corrected chi connectivity index (χ4v) is 6.59. The van der Waals surface area contributed by atoms with Crippen LogP contribution in [0, 0.1) is 0 Å². The van der Waals surface area contributed by atoms with Gasteiger partial charge in [0.05, 0.1) is 0 Å². The van der Waals surface area contributed by atoms with Crippen molar-refractivity contribution in [3.63, 3.8) is 0 Å². The number of aromatic hydroxyl groups is 1. The standard InChI is InChI=1S/C47H33NO/c49-47-43(37-18-8-2-9-19-37)32-42(33-44(47)38-20-10-3-11-21-38)48-45(39-22-12-4-13-23-39)30-41(31-46(48)40-24-14-5-15-25-40)36-28-26-35(27-29-36)34-16-6-1-7-17-34/h1-33H/p+1. The lowest BCUT2D eigenvalue weighted by atomic mass is 9.94. The van der Waals surface area contributed by atoms with E-state index in [4.69, 9.17) is 0 Å². The van der Waals surface area contributed by atoms with Gasteiger partial charge in [0.1, 0.15) is 5.75 Å². The second-order valence-corrected chi connectivity index (χ2v) is 12.1. The maximum absolute atomic E-state index is 11.8. The molecule has 49 heavy (non-hydrogen) atoms. The Labute approximate surface area is 287 Å². The van der Waals surface area contributed by atoms with Crippen molar-refractivity contribution in [2.45, 2.75) is 0 Å². The number of hydrogen-bond acceptors (Lipinski definition) is 1. The molecule has 0 atom stereocenters. The highest BCUT2D eigenvalue weighted by atomic mass is 16.3. The number of benzene rings is 7. The van der Waals surface area contributed by atoms with E-state index in [9.17, 15) is 5.11 Å². The average molecular weight is 629 g/mol. The lowest BCUT2D eigenvalue weighted by Gasteiger charge is -2.16. The summed E-state index contributed by atoms with van der Waals surface area (Å²) in [7, 11) is 0. The minimum atomic E-state index is 0.263. The predicted molar refractivity (Wildman–Crippen MR) is 202 cm³/mol. The van der Waals surface area contributed by atoms with E-state index in [1.807, 2.05) is 42.5 Å². The van der Waals surface area contributed by atoms with E-state index in [2.05, 4.69) is 162 Å². The minimum absolute atomic E-state index is 0.263. The van der Waals surface area contributed by atoms with Crippen molar-refractivity contribution in [3.05, 3.63) is 200 Å². The van der Waals surface area contributed by atoms with Crippen LogP contribution in [0.15, 0.2) is 200 Å². The van der Waals surface area contributed by atoms with E-state index in [1.54, 1.807) is 0 Å². The van der Waals surface area contributed by atoms with Crippen LogP contribution in [-0.4, -0.2) is 5.11 Å². The Bertz CT molecular complexity index is 2210. The highest BCUT2D eigenvalue weighted by Gasteiger charge is 2.27. The minimum Gasteiger partial charge on any atom is -0.507 e. The molecule has 0 aliphatic heterocycles. The molecule has 7 aromatic carbocycles. The Morgan fingerprint density at radius 1 is 0.286 bits per heavy atom. The summed E-state index contributed by atoms with van der Waals surface area (Å²) in [6.45, 7) is 0. The zero-order valence-corrected chi connectivity index (χ0v) is 26.9. The first-order chi connectivity index (χ1) is 24.2. The normalized spacial score (nSPS) is 10.9. The molecule has 0 spiro atoms. The van der Waals surface area contributed by atoms with Gasteiger partial charge in [-0.1, -0.05) is 152 Å². The molecule has 0 radical (unpaired) electrons. The number of pyridine rings is 1. The molecule has 0 saturated heterocycles. The monoisotopic (exact) mass is 628 g/mol. The highest BCUT2D eigenvalue weighted by Crippen LogP contribution is 2.41. The van der Waals surface area contributed by atoms with Crippen LogP contribution >= 0.6 is 0 Å². The van der Waals surface area contributed by atoms with E-state index in [-0.39, 0.29) is 5.75 Å². The molecular weight excluding hydrogens is 595 g/mol. The SMILES string of the molecule is Oc1c(-c2ccccc2)cc(-[n+]2c(-c3ccccc3)cc(-c3ccc(-c4ccccc4)cc3)cc2-c2ccccc2)cc1-c1ccccc1. The summed E-state index contributed by atoms with van der Waals surface area (Å²) in [6.07, 6.45) is 0. The van der Waals surface area contributed by atoms with Crippen LogP contribution in [0.1, 0.15) is 0 Å². The summed E-state index contributed by atoms with van der Waals surface area (Å²) in [6, 6.07) is 69.5. The maximum atomic E-state index is 11.8. The molecule has 1 N–H and O–H groups in total. The molecule has 8 rings (SSSR count). The van der Waals surface area contributed by atoms with Gasteiger partial charge in [-0.25, -0.2) is 0 Å². The molecule has 0 amide bonds. The molecule has 1 aromatic heterocycles. The first-order valence-electron chi connectivity index (χ1n) is 16.6. The van der Waals surface area contributed by atoms with Gasteiger partial charge in [-0.2, -0.15) is 4.57 Å². The molecule has 0 aliphatic carbocycles.